The summed E-state index contributed by atoms with van der Waals surface area (Å²) in [6.45, 7) is 11.8. The molecule has 0 aliphatic carbocycles. The lowest BCUT2D eigenvalue weighted by atomic mass is 10.1. The van der Waals surface area contributed by atoms with Crippen LogP contribution in [0.1, 0.15) is 45.0 Å². The van der Waals surface area contributed by atoms with E-state index in [-0.39, 0.29) is 5.97 Å². The monoisotopic (exact) mass is 249 g/mol. The number of rotatable bonds is 4. The van der Waals surface area contributed by atoms with Crippen LogP contribution in [-0.2, 0) is 4.74 Å². The van der Waals surface area contributed by atoms with E-state index >= 15 is 0 Å². The predicted molar refractivity (Wildman–Crippen MR) is 75.2 cm³/mol. The van der Waals surface area contributed by atoms with Gasteiger partial charge in [0.15, 0.2) is 0 Å². The fraction of sp³-hybridized carbons (Fsp3) is 0.533. The Kier molecular flexibility index (Phi) is 4.76. The van der Waals surface area contributed by atoms with Gasteiger partial charge in [-0.2, -0.15) is 0 Å². The van der Waals surface area contributed by atoms with Gasteiger partial charge in [0.1, 0.15) is 5.60 Å². The number of benzene rings is 1. The van der Waals surface area contributed by atoms with E-state index in [9.17, 15) is 4.79 Å². The smallest absolute Gasteiger partial charge is 0.338 e. The van der Waals surface area contributed by atoms with Crippen molar-refractivity contribution in [3.63, 3.8) is 0 Å². The molecular formula is C15H23NO2. The topological polar surface area (TPSA) is 29.5 Å². The highest BCUT2D eigenvalue weighted by molar-refractivity contribution is 5.90. The zero-order chi connectivity index (χ0) is 13.8. The van der Waals surface area contributed by atoms with Crippen LogP contribution >= 0.6 is 0 Å². The standard InChI is InChI=1S/C15H23NO2/c1-6-16(7-2)13-10-8-12(9-11-13)14(17)18-15(3,4)5/h8-11H,6-7H2,1-5H3. The van der Waals surface area contributed by atoms with Crippen LogP contribution in [0, 0.1) is 0 Å². The van der Waals surface area contributed by atoms with Crippen molar-refractivity contribution >= 4 is 11.7 Å². The Hall–Kier alpha value is -1.51. The lowest BCUT2D eigenvalue weighted by Crippen LogP contribution is -2.24. The van der Waals surface area contributed by atoms with Gasteiger partial charge in [-0.15, -0.1) is 0 Å². The van der Waals surface area contributed by atoms with Gasteiger partial charge < -0.3 is 9.64 Å². The molecule has 100 valence electrons. The minimum atomic E-state index is -0.450. The third-order valence-corrected chi connectivity index (χ3v) is 2.63. The number of anilines is 1. The number of esters is 1. The molecule has 0 unspecified atom stereocenters. The first-order chi connectivity index (χ1) is 8.37. The maximum atomic E-state index is 11.8. The lowest BCUT2D eigenvalue weighted by Gasteiger charge is -2.22. The Labute approximate surface area is 110 Å². The van der Waals surface area contributed by atoms with E-state index in [0.717, 1.165) is 18.8 Å². The summed E-state index contributed by atoms with van der Waals surface area (Å²) < 4.78 is 5.32. The SMILES string of the molecule is CCN(CC)c1ccc(C(=O)OC(C)(C)C)cc1. The van der Waals surface area contributed by atoms with Crippen LogP contribution in [0.2, 0.25) is 0 Å². The minimum absolute atomic E-state index is 0.270. The molecule has 0 saturated heterocycles. The fourth-order valence-electron chi connectivity index (χ4n) is 1.73. The summed E-state index contributed by atoms with van der Waals surface area (Å²) in [4.78, 5) is 14.1. The van der Waals surface area contributed by atoms with Crippen LogP contribution in [0.5, 0.6) is 0 Å². The van der Waals surface area contributed by atoms with Crippen LogP contribution < -0.4 is 4.90 Å². The highest BCUT2D eigenvalue weighted by atomic mass is 16.6. The van der Waals surface area contributed by atoms with Gasteiger partial charge >= 0.3 is 5.97 Å². The molecule has 0 aliphatic heterocycles. The van der Waals surface area contributed by atoms with Crippen LogP contribution in [-0.4, -0.2) is 24.7 Å². The molecule has 0 atom stereocenters. The Bertz CT molecular complexity index is 386. The molecule has 0 spiro atoms. The molecular weight excluding hydrogens is 226 g/mol. The van der Waals surface area contributed by atoms with Crippen LogP contribution in [0.4, 0.5) is 5.69 Å². The number of hydrogen-bond acceptors (Lipinski definition) is 3. The fourth-order valence-corrected chi connectivity index (χ4v) is 1.73. The van der Waals surface area contributed by atoms with Gasteiger partial charge in [0, 0.05) is 18.8 Å². The van der Waals surface area contributed by atoms with Crippen molar-refractivity contribution in [1.82, 2.24) is 0 Å². The molecule has 0 aliphatic rings. The van der Waals surface area contributed by atoms with Crippen molar-refractivity contribution in [1.29, 1.82) is 0 Å². The van der Waals surface area contributed by atoms with E-state index in [4.69, 9.17) is 4.74 Å². The predicted octanol–water partition coefficient (Wildman–Crippen LogP) is 3.49. The Morgan fingerprint density at radius 1 is 1.11 bits per heavy atom. The molecule has 0 amide bonds. The minimum Gasteiger partial charge on any atom is -0.456 e. The van der Waals surface area contributed by atoms with Gasteiger partial charge in [0.2, 0.25) is 0 Å². The maximum absolute atomic E-state index is 11.8. The molecule has 0 saturated carbocycles. The third-order valence-electron chi connectivity index (χ3n) is 2.63. The van der Waals surface area contributed by atoms with E-state index in [1.165, 1.54) is 0 Å². The van der Waals surface area contributed by atoms with Gasteiger partial charge in [-0.05, 0) is 58.9 Å². The second kappa shape index (κ2) is 5.89. The van der Waals surface area contributed by atoms with Crippen LogP contribution in [0.15, 0.2) is 24.3 Å². The van der Waals surface area contributed by atoms with Gasteiger partial charge in [0.25, 0.3) is 0 Å². The summed E-state index contributed by atoms with van der Waals surface area (Å²) in [6, 6.07) is 7.57. The van der Waals surface area contributed by atoms with Gasteiger partial charge in [-0.1, -0.05) is 0 Å². The number of carbonyl (C=O) groups is 1. The molecule has 0 aromatic heterocycles. The zero-order valence-corrected chi connectivity index (χ0v) is 12.0. The summed E-state index contributed by atoms with van der Waals surface area (Å²) >= 11 is 0. The van der Waals surface area contributed by atoms with Crippen molar-refractivity contribution in [2.75, 3.05) is 18.0 Å². The summed E-state index contributed by atoms with van der Waals surface area (Å²) in [5.41, 5.74) is 1.28. The molecule has 1 aromatic rings. The van der Waals surface area contributed by atoms with E-state index in [0.29, 0.717) is 5.56 Å². The molecule has 0 radical (unpaired) electrons. The van der Waals surface area contributed by atoms with Crippen molar-refractivity contribution in [2.24, 2.45) is 0 Å². The first-order valence-corrected chi connectivity index (χ1v) is 6.45. The van der Waals surface area contributed by atoms with Crippen LogP contribution in [0.25, 0.3) is 0 Å². The second-order valence-corrected chi connectivity index (χ2v) is 5.22. The largest absolute Gasteiger partial charge is 0.456 e. The molecule has 1 rings (SSSR count). The van der Waals surface area contributed by atoms with E-state index in [1.54, 1.807) is 0 Å². The number of hydrogen-bond donors (Lipinski definition) is 0. The second-order valence-electron chi connectivity index (χ2n) is 5.22. The Morgan fingerprint density at radius 2 is 1.61 bits per heavy atom. The van der Waals surface area contributed by atoms with Crippen molar-refractivity contribution in [3.05, 3.63) is 29.8 Å². The van der Waals surface area contributed by atoms with E-state index in [2.05, 4.69) is 18.7 Å². The third kappa shape index (κ3) is 4.06. The molecule has 1 aromatic carbocycles. The first kappa shape index (κ1) is 14.6. The molecule has 3 nitrogen and oxygen atoms in total. The molecule has 3 heteroatoms. The number of ether oxygens (including phenoxy) is 1. The molecule has 0 fully saturated rings. The number of nitrogens with zero attached hydrogens (tertiary/aromatic N) is 1. The van der Waals surface area contributed by atoms with Gasteiger partial charge in [-0.3, -0.25) is 0 Å². The highest BCUT2D eigenvalue weighted by Crippen LogP contribution is 2.17. The summed E-state index contributed by atoms with van der Waals surface area (Å²) in [7, 11) is 0. The highest BCUT2D eigenvalue weighted by Gasteiger charge is 2.17. The van der Waals surface area contributed by atoms with E-state index < -0.39 is 5.60 Å². The Morgan fingerprint density at radius 3 is 2.00 bits per heavy atom. The molecule has 18 heavy (non-hydrogen) atoms. The normalized spacial score (nSPS) is 11.2. The molecule has 0 heterocycles. The van der Waals surface area contributed by atoms with Crippen molar-refractivity contribution < 1.29 is 9.53 Å². The zero-order valence-electron chi connectivity index (χ0n) is 12.0. The van der Waals surface area contributed by atoms with E-state index in [1.807, 2.05) is 45.0 Å². The maximum Gasteiger partial charge on any atom is 0.338 e. The first-order valence-electron chi connectivity index (χ1n) is 6.45. The Balaban J connectivity index is 2.79. The average molecular weight is 249 g/mol. The summed E-state index contributed by atoms with van der Waals surface area (Å²) in [6.07, 6.45) is 0. The van der Waals surface area contributed by atoms with Crippen molar-refractivity contribution in [3.8, 4) is 0 Å². The number of carbonyl (C=O) groups excluding carboxylic acids is 1. The van der Waals surface area contributed by atoms with Crippen molar-refractivity contribution in [2.45, 2.75) is 40.2 Å². The summed E-state index contributed by atoms with van der Waals surface area (Å²) in [5.74, 6) is -0.270. The van der Waals surface area contributed by atoms with Gasteiger partial charge in [0.05, 0.1) is 5.56 Å². The summed E-state index contributed by atoms with van der Waals surface area (Å²) in [5, 5.41) is 0. The molecule has 0 bridgehead atoms. The lowest BCUT2D eigenvalue weighted by molar-refractivity contribution is 0.00696. The van der Waals surface area contributed by atoms with Crippen LogP contribution in [0.3, 0.4) is 0 Å². The average Bonchev–Trinajstić information content (AvgIpc) is 2.29. The van der Waals surface area contributed by atoms with Gasteiger partial charge in [-0.25, -0.2) is 4.79 Å². The quantitative estimate of drug-likeness (QED) is 0.765. The molecule has 0 N–H and O–H groups in total.